The van der Waals surface area contributed by atoms with E-state index in [1.165, 1.54) is 16.7 Å². The zero-order valence-corrected chi connectivity index (χ0v) is 30.9. The molecule has 0 atom stereocenters. The molecule has 0 aliphatic heterocycles. The number of nitrogens with zero attached hydrogens (tertiary/aromatic N) is 3. The van der Waals surface area contributed by atoms with Gasteiger partial charge in [-0.2, -0.15) is 0 Å². The summed E-state index contributed by atoms with van der Waals surface area (Å²) in [5, 5.41) is 0. The van der Waals surface area contributed by atoms with Gasteiger partial charge in [0.25, 0.3) is 0 Å². The first-order chi connectivity index (χ1) is 27.1. The number of pyridine rings is 1. The smallest absolute Gasteiger partial charge is 0.144 e. The van der Waals surface area contributed by atoms with Gasteiger partial charge in [0, 0.05) is 45.8 Å². The number of imidazole rings is 1. The van der Waals surface area contributed by atoms with Crippen LogP contribution in [0.25, 0.3) is 84.1 Å². The van der Waals surface area contributed by atoms with Gasteiger partial charge in [-0.25, -0.2) is 9.97 Å². The van der Waals surface area contributed by atoms with Crippen LogP contribution in [0.5, 0.6) is 0 Å². The van der Waals surface area contributed by atoms with Crippen molar-refractivity contribution in [3.8, 4) is 84.1 Å². The second kappa shape index (κ2) is 14.7. The first kappa shape index (κ1) is 33.7. The van der Waals surface area contributed by atoms with Crippen molar-refractivity contribution in [3.63, 3.8) is 0 Å². The summed E-state index contributed by atoms with van der Waals surface area (Å²) in [7, 11) is 0. The van der Waals surface area contributed by atoms with E-state index >= 15 is 0 Å². The number of rotatable bonds is 8. The van der Waals surface area contributed by atoms with E-state index in [0.717, 1.165) is 78.5 Å². The van der Waals surface area contributed by atoms with Crippen molar-refractivity contribution in [1.29, 1.82) is 0 Å². The Morgan fingerprint density at radius 2 is 0.782 bits per heavy atom. The number of aryl methyl sites for hydroxylation is 2. The molecule has 7 aromatic carbocycles. The average Bonchev–Trinajstić information content (AvgIpc) is 3.74. The highest BCUT2D eigenvalue weighted by Gasteiger charge is 2.25. The minimum atomic E-state index is 0.935. The first-order valence-corrected chi connectivity index (χ1v) is 18.7. The molecule has 9 rings (SSSR count). The maximum Gasteiger partial charge on any atom is 0.144 e. The summed E-state index contributed by atoms with van der Waals surface area (Å²) >= 11 is 0. The third kappa shape index (κ3) is 6.47. The Kier molecular flexibility index (Phi) is 9.03. The Morgan fingerprint density at radius 3 is 1.27 bits per heavy atom. The topological polar surface area (TPSA) is 30.7 Å². The summed E-state index contributed by atoms with van der Waals surface area (Å²) in [6.07, 6.45) is 3.95. The van der Waals surface area contributed by atoms with Gasteiger partial charge in [0.2, 0.25) is 0 Å². The predicted octanol–water partition coefficient (Wildman–Crippen LogP) is 13.6. The van der Waals surface area contributed by atoms with E-state index in [9.17, 15) is 0 Å². The lowest BCUT2D eigenvalue weighted by atomic mass is 9.82. The minimum absolute atomic E-state index is 0.935. The van der Waals surface area contributed by atoms with Crippen LogP contribution in [0.3, 0.4) is 0 Å². The van der Waals surface area contributed by atoms with Crippen LogP contribution in [0.1, 0.15) is 11.1 Å². The van der Waals surface area contributed by atoms with Gasteiger partial charge in [-0.3, -0.25) is 4.57 Å². The van der Waals surface area contributed by atoms with Gasteiger partial charge in [0.15, 0.2) is 0 Å². The molecule has 2 heterocycles. The molecule has 0 N–H and O–H groups in total. The standard InChI is InChI=1S/C52H39N3/c1-36-33-45(34-37(2)51(36)55-32-31-53-52(55)42-27-16-7-17-28-42)43-29-18-30-44(35-43)46-47(38-19-8-3-9-20-38)49(40-23-12-5-13-24-40)54-50(41-25-14-6-15-26-41)48(46)39-21-10-4-11-22-39/h3-35H,1-2H3. The maximum absolute atomic E-state index is 5.61. The van der Waals surface area contributed by atoms with Crippen LogP contribution < -0.4 is 0 Å². The normalized spacial score (nSPS) is 11.1. The lowest BCUT2D eigenvalue weighted by Gasteiger charge is -2.24. The largest absolute Gasteiger partial charge is 0.299 e. The third-order valence-corrected chi connectivity index (χ3v) is 10.3. The molecule has 0 fully saturated rings. The molecule has 0 aliphatic carbocycles. The van der Waals surface area contributed by atoms with Crippen molar-refractivity contribution in [1.82, 2.24) is 14.5 Å². The zero-order valence-electron chi connectivity index (χ0n) is 30.9. The van der Waals surface area contributed by atoms with Crippen molar-refractivity contribution >= 4 is 0 Å². The molecular formula is C52H39N3. The van der Waals surface area contributed by atoms with E-state index in [1.54, 1.807) is 0 Å². The molecular weight excluding hydrogens is 667 g/mol. The SMILES string of the molecule is Cc1cc(-c2cccc(-c3c(-c4ccccc4)c(-c4ccccc4)nc(-c4ccccc4)c3-c3ccccc3)c2)cc(C)c1-n1ccnc1-c1ccccc1. The molecule has 2 aromatic heterocycles. The van der Waals surface area contributed by atoms with Gasteiger partial charge in [-0.15, -0.1) is 0 Å². The van der Waals surface area contributed by atoms with E-state index in [0.29, 0.717) is 0 Å². The molecule has 0 unspecified atom stereocenters. The Labute approximate surface area is 322 Å². The third-order valence-electron chi connectivity index (χ3n) is 10.3. The van der Waals surface area contributed by atoms with Crippen LogP contribution in [0.15, 0.2) is 200 Å². The van der Waals surface area contributed by atoms with Crippen molar-refractivity contribution < 1.29 is 0 Å². The Bertz CT molecular complexity index is 2610. The summed E-state index contributed by atoms with van der Waals surface area (Å²) in [5.74, 6) is 0.935. The molecule has 0 saturated heterocycles. The zero-order chi connectivity index (χ0) is 37.1. The molecule has 55 heavy (non-hydrogen) atoms. The van der Waals surface area contributed by atoms with E-state index in [4.69, 9.17) is 9.97 Å². The van der Waals surface area contributed by atoms with E-state index in [1.807, 2.05) is 12.3 Å². The number of hydrogen-bond donors (Lipinski definition) is 0. The van der Waals surface area contributed by atoms with Gasteiger partial charge in [-0.1, -0.05) is 170 Å². The van der Waals surface area contributed by atoms with Crippen molar-refractivity contribution in [2.45, 2.75) is 13.8 Å². The summed E-state index contributed by atoms with van der Waals surface area (Å²) in [6, 6.07) is 66.7. The Morgan fingerprint density at radius 1 is 0.364 bits per heavy atom. The van der Waals surface area contributed by atoms with Crippen LogP contribution in [0, 0.1) is 13.8 Å². The van der Waals surface area contributed by atoms with Gasteiger partial charge < -0.3 is 0 Å². The molecule has 0 bridgehead atoms. The molecule has 0 saturated carbocycles. The molecule has 262 valence electrons. The predicted molar refractivity (Wildman–Crippen MR) is 229 cm³/mol. The van der Waals surface area contributed by atoms with Crippen molar-refractivity contribution in [2.24, 2.45) is 0 Å². The molecule has 9 aromatic rings. The van der Waals surface area contributed by atoms with Gasteiger partial charge >= 0.3 is 0 Å². The molecule has 0 amide bonds. The van der Waals surface area contributed by atoms with Gasteiger partial charge in [0.05, 0.1) is 17.1 Å². The number of aromatic nitrogens is 3. The molecule has 0 radical (unpaired) electrons. The fourth-order valence-electron chi connectivity index (χ4n) is 7.90. The lowest BCUT2D eigenvalue weighted by Crippen LogP contribution is -2.02. The highest BCUT2D eigenvalue weighted by Crippen LogP contribution is 2.49. The van der Waals surface area contributed by atoms with Crippen LogP contribution in [-0.4, -0.2) is 14.5 Å². The van der Waals surface area contributed by atoms with Crippen LogP contribution in [0.2, 0.25) is 0 Å². The van der Waals surface area contributed by atoms with Crippen LogP contribution >= 0.6 is 0 Å². The fraction of sp³-hybridized carbons (Fsp3) is 0.0385. The molecule has 0 spiro atoms. The fourth-order valence-corrected chi connectivity index (χ4v) is 7.90. The Balaban J connectivity index is 1.30. The second-order valence-electron chi connectivity index (χ2n) is 13.9. The van der Waals surface area contributed by atoms with Gasteiger partial charge in [-0.05, 0) is 71.0 Å². The number of hydrogen-bond acceptors (Lipinski definition) is 2. The van der Waals surface area contributed by atoms with Crippen molar-refractivity contribution in [2.75, 3.05) is 0 Å². The molecule has 3 heteroatoms. The quantitative estimate of drug-likeness (QED) is 0.158. The maximum atomic E-state index is 5.61. The monoisotopic (exact) mass is 705 g/mol. The highest BCUT2D eigenvalue weighted by atomic mass is 15.1. The van der Waals surface area contributed by atoms with E-state index in [-0.39, 0.29) is 0 Å². The molecule has 3 nitrogen and oxygen atoms in total. The Hall–Kier alpha value is -7.10. The highest BCUT2D eigenvalue weighted by molar-refractivity contribution is 6.05. The summed E-state index contributed by atoms with van der Waals surface area (Å²) < 4.78 is 2.21. The van der Waals surface area contributed by atoms with E-state index in [2.05, 4.69) is 207 Å². The van der Waals surface area contributed by atoms with Crippen LogP contribution in [-0.2, 0) is 0 Å². The summed E-state index contributed by atoms with van der Waals surface area (Å²) in [4.78, 5) is 10.4. The number of benzene rings is 7. The first-order valence-electron chi connectivity index (χ1n) is 18.7. The van der Waals surface area contributed by atoms with Crippen LogP contribution in [0.4, 0.5) is 0 Å². The van der Waals surface area contributed by atoms with Crippen molar-refractivity contribution in [3.05, 3.63) is 212 Å². The minimum Gasteiger partial charge on any atom is -0.299 e. The average molecular weight is 706 g/mol. The van der Waals surface area contributed by atoms with E-state index < -0.39 is 0 Å². The summed E-state index contributed by atoms with van der Waals surface area (Å²) in [5.41, 5.74) is 17.8. The second-order valence-corrected chi connectivity index (χ2v) is 13.9. The molecule has 0 aliphatic rings. The summed E-state index contributed by atoms with van der Waals surface area (Å²) in [6.45, 7) is 4.40. The lowest BCUT2D eigenvalue weighted by molar-refractivity contribution is 1.03. The van der Waals surface area contributed by atoms with Gasteiger partial charge in [0.1, 0.15) is 5.82 Å².